The Kier molecular flexibility index (Phi) is 3.99. The zero-order chi connectivity index (χ0) is 13.0. The Bertz CT molecular complexity index is 497. The van der Waals surface area contributed by atoms with Crippen LogP contribution < -0.4 is 10.1 Å². The number of hydrogen-bond acceptors (Lipinski definition) is 3. The summed E-state index contributed by atoms with van der Waals surface area (Å²) in [4.78, 5) is 0. The zero-order valence-corrected chi connectivity index (χ0v) is 10.4. The van der Waals surface area contributed by atoms with Crippen molar-refractivity contribution in [2.45, 2.75) is 19.6 Å². The largest absolute Gasteiger partial charge is 0.482 e. The molecule has 0 spiro atoms. The third kappa shape index (κ3) is 2.71. The molecule has 2 aromatic rings. The fourth-order valence-corrected chi connectivity index (χ4v) is 1.71. The summed E-state index contributed by atoms with van der Waals surface area (Å²) in [5, 5.41) is 3.07. The van der Waals surface area contributed by atoms with Crippen molar-refractivity contribution in [3.8, 4) is 5.75 Å². The van der Waals surface area contributed by atoms with Crippen LogP contribution in [-0.4, -0.2) is 7.05 Å². The van der Waals surface area contributed by atoms with Crippen LogP contribution in [0.4, 0.5) is 4.39 Å². The van der Waals surface area contributed by atoms with Crippen molar-refractivity contribution in [2.75, 3.05) is 7.05 Å². The summed E-state index contributed by atoms with van der Waals surface area (Å²) < 4.78 is 24.5. The molecule has 0 aliphatic carbocycles. The SMILES string of the molecule is CNC(C)c1cccc(F)c1OCc1ccco1. The van der Waals surface area contributed by atoms with Gasteiger partial charge in [-0.2, -0.15) is 0 Å². The van der Waals surface area contributed by atoms with Crippen LogP contribution in [0.15, 0.2) is 41.0 Å². The monoisotopic (exact) mass is 249 g/mol. The van der Waals surface area contributed by atoms with Crippen LogP contribution >= 0.6 is 0 Å². The molecule has 1 atom stereocenters. The average molecular weight is 249 g/mol. The minimum Gasteiger partial charge on any atom is -0.482 e. The molecule has 4 heteroatoms. The fourth-order valence-electron chi connectivity index (χ4n) is 1.71. The van der Waals surface area contributed by atoms with E-state index in [9.17, 15) is 4.39 Å². The van der Waals surface area contributed by atoms with Crippen LogP contribution in [0.5, 0.6) is 5.75 Å². The van der Waals surface area contributed by atoms with Gasteiger partial charge in [-0.15, -0.1) is 0 Å². The Hall–Kier alpha value is -1.81. The lowest BCUT2D eigenvalue weighted by molar-refractivity contribution is 0.254. The van der Waals surface area contributed by atoms with E-state index in [4.69, 9.17) is 9.15 Å². The van der Waals surface area contributed by atoms with Gasteiger partial charge in [-0.25, -0.2) is 4.39 Å². The number of benzene rings is 1. The van der Waals surface area contributed by atoms with Gasteiger partial charge in [-0.1, -0.05) is 12.1 Å². The number of rotatable bonds is 5. The van der Waals surface area contributed by atoms with Crippen LogP contribution in [-0.2, 0) is 6.61 Å². The quantitative estimate of drug-likeness (QED) is 0.883. The molecule has 1 aromatic heterocycles. The maximum atomic E-state index is 13.8. The van der Waals surface area contributed by atoms with Gasteiger partial charge in [0.2, 0.25) is 0 Å². The van der Waals surface area contributed by atoms with Crippen LogP contribution in [0.3, 0.4) is 0 Å². The summed E-state index contributed by atoms with van der Waals surface area (Å²) >= 11 is 0. The molecule has 1 heterocycles. The molecule has 0 aliphatic heterocycles. The van der Waals surface area contributed by atoms with E-state index < -0.39 is 0 Å². The molecule has 0 radical (unpaired) electrons. The first-order chi connectivity index (χ1) is 8.72. The molecular formula is C14H16FNO2. The first kappa shape index (κ1) is 12.6. The molecule has 96 valence electrons. The molecule has 2 rings (SSSR count). The second kappa shape index (κ2) is 5.69. The van der Waals surface area contributed by atoms with Crippen molar-refractivity contribution in [1.82, 2.24) is 5.32 Å². The lowest BCUT2D eigenvalue weighted by Gasteiger charge is -2.16. The van der Waals surface area contributed by atoms with Gasteiger partial charge in [-0.3, -0.25) is 0 Å². The smallest absolute Gasteiger partial charge is 0.165 e. The Morgan fingerprint density at radius 3 is 2.83 bits per heavy atom. The molecule has 0 saturated carbocycles. The van der Waals surface area contributed by atoms with Gasteiger partial charge < -0.3 is 14.5 Å². The van der Waals surface area contributed by atoms with Gasteiger partial charge in [-0.05, 0) is 32.2 Å². The van der Waals surface area contributed by atoms with Gasteiger partial charge in [0.25, 0.3) is 0 Å². The van der Waals surface area contributed by atoms with Crippen LogP contribution in [0.1, 0.15) is 24.3 Å². The Morgan fingerprint density at radius 2 is 2.17 bits per heavy atom. The number of hydrogen-bond donors (Lipinski definition) is 1. The van der Waals surface area contributed by atoms with E-state index in [1.807, 2.05) is 20.0 Å². The molecule has 0 saturated heterocycles. The molecule has 0 aliphatic rings. The summed E-state index contributed by atoms with van der Waals surface area (Å²) in [5.41, 5.74) is 0.795. The Labute approximate surface area is 106 Å². The van der Waals surface area contributed by atoms with Gasteiger partial charge in [0.05, 0.1) is 6.26 Å². The van der Waals surface area contributed by atoms with E-state index in [1.165, 1.54) is 6.07 Å². The first-order valence-corrected chi connectivity index (χ1v) is 5.83. The van der Waals surface area contributed by atoms with Gasteiger partial charge in [0.15, 0.2) is 11.6 Å². The van der Waals surface area contributed by atoms with Gasteiger partial charge >= 0.3 is 0 Å². The predicted molar refractivity (Wildman–Crippen MR) is 66.9 cm³/mol. The van der Waals surface area contributed by atoms with Gasteiger partial charge in [0.1, 0.15) is 12.4 Å². The highest BCUT2D eigenvalue weighted by Gasteiger charge is 2.14. The number of halogens is 1. The zero-order valence-electron chi connectivity index (χ0n) is 10.4. The average Bonchev–Trinajstić information content (AvgIpc) is 2.89. The summed E-state index contributed by atoms with van der Waals surface area (Å²) in [7, 11) is 1.83. The molecule has 1 N–H and O–H groups in total. The Morgan fingerprint density at radius 1 is 1.33 bits per heavy atom. The minimum atomic E-state index is -0.360. The fraction of sp³-hybridized carbons (Fsp3) is 0.286. The summed E-state index contributed by atoms with van der Waals surface area (Å²) in [6.07, 6.45) is 1.57. The van der Waals surface area contributed by atoms with E-state index in [0.29, 0.717) is 5.76 Å². The van der Waals surface area contributed by atoms with Gasteiger partial charge in [0, 0.05) is 11.6 Å². The molecule has 18 heavy (non-hydrogen) atoms. The van der Waals surface area contributed by atoms with E-state index in [2.05, 4.69) is 5.32 Å². The topological polar surface area (TPSA) is 34.4 Å². The summed E-state index contributed by atoms with van der Waals surface area (Å²) in [5.74, 6) is 0.582. The molecular weight excluding hydrogens is 233 g/mol. The highest BCUT2D eigenvalue weighted by atomic mass is 19.1. The maximum Gasteiger partial charge on any atom is 0.165 e. The molecule has 0 amide bonds. The third-order valence-electron chi connectivity index (χ3n) is 2.84. The van der Waals surface area contributed by atoms with Crippen molar-refractivity contribution in [3.63, 3.8) is 0 Å². The number of para-hydroxylation sites is 1. The molecule has 1 aromatic carbocycles. The van der Waals surface area contributed by atoms with E-state index in [1.54, 1.807) is 24.5 Å². The second-order valence-electron chi connectivity index (χ2n) is 4.04. The summed E-state index contributed by atoms with van der Waals surface area (Å²) in [6.45, 7) is 2.17. The van der Waals surface area contributed by atoms with Crippen LogP contribution in [0.25, 0.3) is 0 Å². The molecule has 0 bridgehead atoms. The maximum absolute atomic E-state index is 13.8. The van der Waals surface area contributed by atoms with Crippen molar-refractivity contribution in [3.05, 3.63) is 53.7 Å². The molecule has 3 nitrogen and oxygen atoms in total. The van der Waals surface area contributed by atoms with Crippen molar-refractivity contribution in [1.29, 1.82) is 0 Å². The second-order valence-corrected chi connectivity index (χ2v) is 4.04. The van der Waals surface area contributed by atoms with E-state index in [-0.39, 0.29) is 24.2 Å². The lowest BCUT2D eigenvalue weighted by Crippen LogP contribution is -2.14. The number of ether oxygens (including phenoxy) is 1. The van der Waals surface area contributed by atoms with E-state index >= 15 is 0 Å². The standard InChI is InChI=1S/C14H16FNO2/c1-10(16-2)12-6-3-7-13(15)14(12)18-9-11-5-4-8-17-11/h3-8,10,16H,9H2,1-2H3. The first-order valence-electron chi connectivity index (χ1n) is 5.83. The number of furan rings is 1. The third-order valence-corrected chi connectivity index (χ3v) is 2.84. The summed E-state index contributed by atoms with van der Waals surface area (Å²) in [6, 6.07) is 8.51. The van der Waals surface area contributed by atoms with Crippen molar-refractivity contribution < 1.29 is 13.5 Å². The minimum absolute atomic E-state index is 0.0206. The normalized spacial score (nSPS) is 12.4. The highest BCUT2D eigenvalue weighted by Crippen LogP contribution is 2.28. The van der Waals surface area contributed by atoms with Crippen LogP contribution in [0, 0.1) is 5.82 Å². The molecule has 0 fully saturated rings. The predicted octanol–water partition coefficient (Wildman–Crippen LogP) is 3.28. The highest BCUT2D eigenvalue weighted by molar-refractivity contribution is 5.37. The Balaban J connectivity index is 2.20. The lowest BCUT2D eigenvalue weighted by atomic mass is 10.1. The molecule has 1 unspecified atom stereocenters. The van der Waals surface area contributed by atoms with Crippen molar-refractivity contribution >= 4 is 0 Å². The number of nitrogens with one attached hydrogen (secondary N) is 1. The van der Waals surface area contributed by atoms with Crippen molar-refractivity contribution in [2.24, 2.45) is 0 Å². The van der Waals surface area contributed by atoms with E-state index in [0.717, 1.165) is 5.56 Å². The van der Waals surface area contributed by atoms with Crippen LogP contribution in [0.2, 0.25) is 0 Å².